The van der Waals surface area contributed by atoms with Gasteiger partial charge in [0.05, 0.1) is 0 Å². The SMILES string of the molecule is Cc1cccc(Nc2cc(C)nc(C3CCCN(C(=O)CCCl)C3)c2)n1. The second-order valence-corrected chi connectivity index (χ2v) is 7.21. The molecule has 2 aromatic rings. The van der Waals surface area contributed by atoms with Crippen molar-refractivity contribution in [3.05, 3.63) is 47.4 Å². The minimum absolute atomic E-state index is 0.139. The van der Waals surface area contributed by atoms with Crippen molar-refractivity contribution in [2.75, 3.05) is 24.3 Å². The first kappa shape index (κ1) is 18.6. The van der Waals surface area contributed by atoms with Crippen LogP contribution in [0.3, 0.4) is 0 Å². The fraction of sp³-hybridized carbons (Fsp3) is 0.450. The Kier molecular flexibility index (Phi) is 6.09. The maximum Gasteiger partial charge on any atom is 0.223 e. The molecule has 3 rings (SSSR count). The normalized spacial score (nSPS) is 17.2. The lowest BCUT2D eigenvalue weighted by atomic mass is 9.93. The summed E-state index contributed by atoms with van der Waals surface area (Å²) in [5, 5.41) is 3.37. The summed E-state index contributed by atoms with van der Waals surface area (Å²) >= 11 is 5.72. The number of anilines is 2. The van der Waals surface area contributed by atoms with Gasteiger partial charge in [0.2, 0.25) is 5.91 Å². The van der Waals surface area contributed by atoms with Crippen LogP contribution in [0.2, 0.25) is 0 Å². The van der Waals surface area contributed by atoms with Crippen LogP contribution in [0.15, 0.2) is 30.3 Å². The van der Waals surface area contributed by atoms with E-state index in [2.05, 4.69) is 16.4 Å². The summed E-state index contributed by atoms with van der Waals surface area (Å²) in [4.78, 5) is 23.3. The summed E-state index contributed by atoms with van der Waals surface area (Å²) in [5.74, 6) is 1.60. The average molecular weight is 373 g/mol. The molecular formula is C20H25ClN4O. The van der Waals surface area contributed by atoms with E-state index in [4.69, 9.17) is 16.6 Å². The van der Waals surface area contributed by atoms with Crippen molar-refractivity contribution in [3.63, 3.8) is 0 Å². The first-order valence-electron chi connectivity index (χ1n) is 9.08. The second-order valence-electron chi connectivity index (χ2n) is 6.83. The highest BCUT2D eigenvalue weighted by molar-refractivity contribution is 6.18. The minimum atomic E-state index is 0.139. The van der Waals surface area contributed by atoms with E-state index in [0.717, 1.165) is 48.0 Å². The van der Waals surface area contributed by atoms with Gasteiger partial charge in [-0.1, -0.05) is 6.07 Å². The van der Waals surface area contributed by atoms with Crippen molar-refractivity contribution in [3.8, 4) is 0 Å². The lowest BCUT2D eigenvalue weighted by Crippen LogP contribution is -2.39. The highest BCUT2D eigenvalue weighted by Crippen LogP contribution is 2.29. The molecule has 0 saturated carbocycles. The Morgan fingerprint density at radius 1 is 1.27 bits per heavy atom. The number of rotatable bonds is 5. The monoisotopic (exact) mass is 372 g/mol. The number of aromatic nitrogens is 2. The second kappa shape index (κ2) is 8.49. The number of amides is 1. The average Bonchev–Trinajstić information content (AvgIpc) is 2.61. The van der Waals surface area contributed by atoms with E-state index in [1.54, 1.807) is 0 Å². The topological polar surface area (TPSA) is 58.1 Å². The molecule has 1 aliphatic rings. The van der Waals surface area contributed by atoms with E-state index in [1.807, 2.05) is 43.0 Å². The van der Waals surface area contributed by atoms with Gasteiger partial charge in [-0.15, -0.1) is 11.6 Å². The smallest absolute Gasteiger partial charge is 0.223 e. The van der Waals surface area contributed by atoms with Gasteiger partial charge in [-0.2, -0.15) is 0 Å². The highest BCUT2D eigenvalue weighted by Gasteiger charge is 2.25. The summed E-state index contributed by atoms with van der Waals surface area (Å²) in [6.45, 7) is 5.51. The number of carbonyl (C=O) groups is 1. The summed E-state index contributed by atoms with van der Waals surface area (Å²) in [6, 6.07) is 10.0. The van der Waals surface area contributed by atoms with Gasteiger partial charge < -0.3 is 10.2 Å². The summed E-state index contributed by atoms with van der Waals surface area (Å²) in [6.07, 6.45) is 2.45. The number of piperidine rings is 1. The Balaban J connectivity index is 1.77. The lowest BCUT2D eigenvalue weighted by molar-refractivity contribution is -0.131. The molecule has 1 amide bonds. The highest BCUT2D eigenvalue weighted by atomic mass is 35.5. The molecule has 26 heavy (non-hydrogen) atoms. The van der Waals surface area contributed by atoms with E-state index in [-0.39, 0.29) is 11.8 Å². The van der Waals surface area contributed by atoms with Crippen LogP contribution in [0, 0.1) is 13.8 Å². The van der Waals surface area contributed by atoms with Gasteiger partial charge in [-0.25, -0.2) is 4.98 Å². The zero-order chi connectivity index (χ0) is 18.5. The van der Waals surface area contributed by atoms with E-state index >= 15 is 0 Å². The molecule has 5 nitrogen and oxygen atoms in total. The Bertz CT molecular complexity index is 780. The molecule has 1 fully saturated rings. The van der Waals surface area contributed by atoms with Crippen molar-refractivity contribution in [1.29, 1.82) is 0 Å². The van der Waals surface area contributed by atoms with Crippen LogP contribution >= 0.6 is 11.6 Å². The number of hydrogen-bond acceptors (Lipinski definition) is 4. The van der Waals surface area contributed by atoms with Crippen molar-refractivity contribution in [1.82, 2.24) is 14.9 Å². The molecule has 3 heterocycles. The Morgan fingerprint density at radius 2 is 2.12 bits per heavy atom. The summed E-state index contributed by atoms with van der Waals surface area (Å²) in [5.41, 5.74) is 3.95. The number of aryl methyl sites for hydroxylation is 2. The first-order chi connectivity index (χ1) is 12.5. The molecule has 0 aliphatic carbocycles. The molecule has 2 aromatic heterocycles. The zero-order valence-corrected chi connectivity index (χ0v) is 16.1. The molecule has 0 bridgehead atoms. The molecular weight excluding hydrogens is 348 g/mol. The first-order valence-corrected chi connectivity index (χ1v) is 9.61. The predicted octanol–water partition coefficient (Wildman–Crippen LogP) is 4.17. The van der Waals surface area contributed by atoms with Crippen molar-refractivity contribution in [2.45, 2.75) is 39.0 Å². The van der Waals surface area contributed by atoms with E-state index in [9.17, 15) is 4.79 Å². The minimum Gasteiger partial charge on any atom is -0.342 e. The number of carbonyl (C=O) groups excluding carboxylic acids is 1. The molecule has 1 saturated heterocycles. The molecule has 6 heteroatoms. The van der Waals surface area contributed by atoms with Crippen LogP contribution in [0.25, 0.3) is 0 Å². The number of hydrogen-bond donors (Lipinski definition) is 1. The van der Waals surface area contributed by atoms with Crippen molar-refractivity contribution < 1.29 is 4.79 Å². The van der Waals surface area contributed by atoms with Gasteiger partial charge in [0, 0.05) is 54.1 Å². The molecule has 1 unspecified atom stereocenters. The standard InChI is InChI=1S/C20H25ClN4O/c1-14-5-3-7-19(23-14)24-17-11-15(2)22-18(12-17)16-6-4-10-25(13-16)20(26)8-9-21/h3,5,7,11-12,16H,4,6,8-10,13H2,1-2H3,(H,22,23,24). The predicted molar refractivity (Wildman–Crippen MR) is 105 cm³/mol. The molecule has 1 atom stereocenters. The van der Waals surface area contributed by atoms with Crippen LogP contribution in [0.5, 0.6) is 0 Å². The van der Waals surface area contributed by atoms with Crippen LogP contribution in [-0.4, -0.2) is 39.7 Å². The van der Waals surface area contributed by atoms with E-state index in [1.165, 1.54) is 0 Å². The van der Waals surface area contributed by atoms with Crippen LogP contribution in [0.4, 0.5) is 11.5 Å². The molecule has 0 aromatic carbocycles. The number of halogens is 1. The van der Waals surface area contributed by atoms with Crippen LogP contribution < -0.4 is 5.32 Å². The number of nitrogens with one attached hydrogen (secondary N) is 1. The largest absolute Gasteiger partial charge is 0.342 e. The maximum absolute atomic E-state index is 12.2. The van der Waals surface area contributed by atoms with Crippen molar-refractivity contribution in [2.24, 2.45) is 0 Å². The third kappa shape index (κ3) is 4.73. The summed E-state index contributed by atoms with van der Waals surface area (Å²) in [7, 11) is 0. The zero-order valence-electron chi connectivity index (χ0n) is 15.3. The van der Waals surface area contributed by atoms with Crippen LogP contribution in [-0.2, 0) is 4.79 Å². The lowest BCUT2D eigenvalue weighted by Gasteiger charge is -2.32. The third-order valence-corrected chi connectivity index (χ3v) is 4.82. The Morgan fingerprint density at radius 3 is 2.88 bits per heavy atom. The number of alkyl halides is 1. The number of pyridine rings is 2. The third-order valence-electron chi connectivity index (χ3n) is 4.63. The van der Waals surface area contributed by atoms with E-state index < -0.39 is 0 Å². The van der Waals surface area contributed by atoms with Gasteiger partial charge in [-0.3, -0.25) is 9.78 Å². The van der Waals surface area contributed by atoms with Gasteiger partial charge in [0.1, 0.15) is 5.82 Å². The van der Waals surface area contributed by atoms with Gasteiger partial charge in [-0.05, 0) is 51.0 Å². The molecule has 0 spiro atoms. The van der Waals surface area contributed by atoms with Gasteiger partial charge in [0.15, 0.2) is 0 Å². The summed E-state index contributed by atoms with van der Waals surface area (Å²) < 4.78 is 0. The maximum atomic E-state index is 12.2. The van der Waals surface area contributed by atoms with E-state index in [0.29, 0.717) is 18.8 Å². The van der Waals surface area contributed by atoms with Crippen molar-refractivity contribution >= 4 is 29.0 Å². The quantitative estimate of drug-likeness (QED) is 0.800. The number of nitrogens with zero attached hydrogens (tertiary/aromatic N) is 3. The molecule has 138 valence electrons. The van der Waals surface area contributed by atoms with Gasteiger partial charge >= 0.3 is 0 Å². The van der Waals surface area contributed by atoms with Gasteiger partial charge in [0.25, 0.3) is 0 Å². The van der Waals surface area contributed by atoms with Crippen LogP contribution in [0.1, 0.15) is 42.3 Å². The molecule has 0 radical (unpaired) electrons. The fourth-order valence-electron chi connectivity index (χ4n) is 3.42. The fourth-order valence-corrected chi connectivity index (χ4v) is 3.58. The molecule has 1 aliphatic heterocycles. The Labute approximate surface area is 159 Å². The number of likely N-dealkylation sites (tertiary alicyclic amines) is 1. The Hall–Kier alpha value is -2.14. The molecule has 1 N–H and O–H groups in total.